The summed E-state index contributed by atoms with van der Waals surface area (Å²) < 4.78 is 0. The summed E-state index contributed by atoms with van der Waals surface area (Å²) in [5.41, 5.74) is 9.78. The standard InChI is InChI=1S/C50H39N/c1-50(2,3)39-25-29-42(30-26-39)51(40-15-5-4-6-16-40)41-27-23-35(24-28-41)47-32-38-33-48(37-22-21-34-13-7-8-14-36(34)31-37)44-18-10-12-20-46(44)49(38)45-19-11-9-17-43(45)47/h4-33H,1-3H3. The van der Waals surface area contributed by atoms with Crippen LogP contribution in [0.4, 0.5) is 17.1 Å². The lowest BCUT2D eigenvalue weighted by Crippen LogP contribution is -2.13. The van der Waals surface area contributed by atoms with Gasteiger partial charge < -0.3 is 4.90 Å². The minimum Gasteiger partial charge on any atom is -0.311 e. The molecule has 0 aliphatic carbocycles. The molecule has 9 aromatic rings. The smallest absolute Gasteiger partial charge is 0.0462 e. The average Bonchev–Trinajstić information content (AvgIpc) is 3.17. The van der Waals surface area contributed by atoms with Crippen LogP contribution >= 0.6 is 0 Å². The van der Waals surface area contributed by atoms with Crippen LogP contribution in [0.1, 0.15) is 26.3 Å². The maximum absolute atomic E-state index is 2.41. The number of para-hydroxylation sites is 1. The van der Waals surface area contributed by atoms with Crippen molar-refractivity contribution in [2.24, 2.45) is 0 Å². The van der Waals surface area contributed by atoms with Crippen molar-refractivity contribution in [1.82, 2.24) is 0 Å². The SMILES string of the molecule is CC(C)(C)c1ccc(N(c2ccccc2)c2ccc(-c3cc4cc(-c5ccc6ccccc6c5)c5ccccc5c4c4ccccc34)cc2)cc1. The highest BCUT2D eigenvalue weighted by Crippen LogP contribution is 2.43. The Morgan fingerprint density at radius 2 is 0.824 bits per heavy atom. The molecule has 0 heterocycles. The largest absolute Gasteiger partial charge is 0.311 e. The topological polar surface area (TPSA) is 3.24 Å². The second-order valence-electron chi connectivity index (χ2n) is 14.6. The van der Waals surface area contributed by atoms with Crippen LogP contribution in [-0.2, 0) is 5.41 Å². The van der Waals surface area contributed by atoms with Crippen LogP contribution in [0.15, 0.2) is 182 Å². The van der Waals surface area contributed by atoms with Crippen LogP contribution in [0, 0.1) is 0 Å². The van der Waals surface area contributed by atoms with E-state index in [1.807, 2.05) is 0 Å². The van der Waals surface area contributed by atoms with E-state index >= 15 is 0 Å². The predicted molar refractivity (Wildman–Crippen MR) is 221 cm³/mol. The first-order valence-corrected chi connectivity index (χ1v) is 17.8. The number of nitrogens with zero attached hydrogens (tertiary/aromatic N) is 1. The summed E-state index contributed by atoms with van der Waals surface area (Å²) in [4.78, 5) is 2.34. The monoisotopic (exact) mass is 653 g/mol. The zero-order chi connectivity index (χ0) is 34.5. The molecule has 0 bridgehead atoms. The van der Waals surface area contributed by atoms with E-state index in [0.29, 0.717) is 0 Å². The number of fused-ring (bicyclic) bond motifs is 6. The van der Waals surface area contributed by atoms with Gasteiger partial charge in [0.1, 0.15) is 0 Å². The fourth-order valence-corrected chi connectivity index (χ4v) is 7.74. The minimum atomic E-state index is 0.100. The van der Waals surface area contributed by atoms with Gasteiger partial charge in [-0.1, -0.05) is 148 Å². The van der Waals surface area contributed by atoms with Crippen LogP contribution in [-0.4, -0.2) is 0 Å². The lowest BCUT2D eigenvalue weighted by molar-refractivity contribution is 0.590. The van der Waals surface area contributed by atoms with Gasteiger partial charge in [-0.3, -0.25) is 0 Å². The molecule has 0 spiro atoms. The van der Waals surface area contributed by atoms with Gasteiger partial charge in [-0.15, -0.1) is 0 Å². The van der Waals surface area contributed by atoms with Gasteiger partial charge in [0.05, 0.1) is 0 Å². The lowest BCUT2D eigenvalue weighted by atomic mass is 9.87. The first-order chi connectivity index (χ1) is 24.9. The van der Waals surface area contributed by atoms with Crippen LogP contribution in [0.25, 0.3) is 65.3 Å². The predicted octanol–water partition coefficient (Wildman–Crippen LogP) is 14.4. The maximum Gasteiger partial charge on any atom is 0.0462 e. The number of hydrogen-bond donors (Lipinski definition) is 0. The molecule has 0 atom stereocenters. The number of benzene rings is 9. The van der Waals surface area contributed by atoms with Gasteiger partial charge in [0.25, 0.3) is 0 Å². The van der Waals surface area contributed by atoms with Gasteiger partial charge in [0.15, 0.2) is 0 Å². The first-order valence-electron chi connectivity index (χ1n) is 17.8. The van der Waals surface area contributed by atoms with Crippen molar-refractivity contribution in [2.75, 3.05) is 4.90 Å². The fraction of sp³-hybridized carbons (Fsp3) is 0.0800. The van der Waals surface area contributed by atoms with Crippen molar-refractivity contribution < 1.29 is 0 Å². The van der Waals surface area contributed by atoms with Crippen molar-refractivity contribution in [3.8, 4) is 22.3 Å². The molecule has 1 nitrogen and oxygen atoms in total. The summed E-state index contributed by atoms with van der Waals surface area (Å²) in [5, 5.41) is 10.2. The first kappa shape index (κ1) is 30.8. The summed E-state index contributed by atoms with van der Waals surface area (Å²) in [6.45, 7) is 6.79. The molecule has 0 aliphatic heterocycles. The third kappa shape index (κ3) is 5.52. The summed E-state index contributed by atoms with van der Waals surface area (Å²) in [7, 11) is 0. The number of rotatable bonds is 5. The highest BCUT2D eigenvalue weighted by Gasteiger charge is 2.18. The van der Waals surface area contributed by atoms with Crippen LogP contribution in [0.2, 0.25) is 0 Å². The second kappa shape index (κ2) is 12.3. The molecule has 0 unspecified atom stereocenters. The molecule has 1 heteroatoms. The number of anilines is 3. The minimum absolute atomic E-state index is 0.100. The van der Waals surface area contributed by atoms with Crippen molar-refractivity contribution in [2.45, 2.75) is 26.2 Å². The van der Waals surface area contributed by atoms with E-state index < -0.39 is 0 Å². The molecule has 51 heavy (non-hydrogen) atoms. The van der Waals surface area contributed by atoms with Crippen LogP contribution < -0.4 is 4.90 Å². The Labute approximate surface area is 300 Å². The second-order valence-corrected chi connectivity index (χ2v) is 14.6. The van der Waals surface area contributed by atoms with Crippen molar-refractivity contribution in [3.05, 3.63) is 188 Å². The van der Waals surface area contributed by atoms with E-state index in [0.717, 1.165) is 17.1 Å². The van der Waals surface area contributed by atoms with Crippen LogP contribution in [0.3, 0.4) is 0 Å². The Kier molecular flexibility index (Phi) is 7.44. The molecular weight excluding hydrogens is 615 g/mol. The fourth-order valence-electron chi connectivity index (χ4n) is 7.74. The average molecular weight is 654 g/mol. The van der Waals surface area contributed by atoms with Gasteiger partial charge in [-0.05, 0) is 131 Å². The van der Waals surface area contributed by atoms with E-state index in [1.165, 1.54) is 70.9 Å². The summed E-state index contributed by atoms with van der Waals surface area (Å²) in [5.74, 6) is 0. The maximum atomic E-state index is 2.41. The third-order valence-electron chi connectivity index (χ3n) is 10.4. The molecule has 0 saturated heterocycles. The Balaban J connectivity index is 1.20. The van der Waals surface area contributed by atoms with E-state index in [-0.39, 0.29) is 5.41 Å². The molecular formula is C50H39N. The lowest BCUT2D eigenvalue weighted by Gasteiger charge is -2.27. The van der Waals surface area contributed by atoms with Crippen molar-refractivity contribution >= 4 is 60.2 Å². The highest BCUT2D eigenvalue weighted by molar-refractivity contribution is 6.25. The Morgan fingerprint density at radius 3 is 1.43 bits per heavy atom. The van der Waals surface area contributed by atoms with E-state index in [1.54, 1.807) is 0 Å². The summed E-state index contributed by atoms with van der Waals surface area (Å²) >= 11 is 0. The van der Waals surface area contributed by atoms with Gasteiger partial charge >= 0.3 is 0 Å². The quantitative estimate of drug-likeness (QED) is 0.167. The van der Waals surface area contributed by atoms with Gasteiger partial charge in [-0.2, -0.15) is 0 Å². The summed E-state index contributed by atoms with van der Waals surface area (Å²) in [6, 6.07) is 66.8. The van der Waals surface area contributed by atoms with E-state index in [4.69, 9.17) is 0 Å². The Hall–Kier alpha value is -6.18. The number of hydrogen-bond acceptors (Lipinski definition) is 1. The molecule has 244 valence electrons. The zero-order valence-corrected chi connectivity index (χ0v) is 29.3. The molecule has 0 saturated carbocycles. The van der Waals surface area contributed by atoms with E-state index in [2.05, 4.69) is 208 Å². The molecule has 9 rings (SSSR count). The van der Waals surface area contributed by atoms with Crippen LogP contribution in [0.5, 0.6) is 0 Å². The molecule has 0 aromatic heterocycles. The molecule has 0 aliphatic rings. The summed E-state index contributed by atoms with van der Waals surface area (Å²) in [6.07, 6.45) is 0. The molecule has 0 amide bonds. The molecule has 0 N–H and O–H groups in total. The van der Waals surface area contributed by atoms with Crippen molar-refractivity contribution in [3.63, 3.8) is 0 Å². The normalized spacial score (nSPS) is 11.8. The van der Waals surface area contributed by atoms with Crippen molar-refractivity contribution in [1.29, 1.82) is 0 Å². The molecule has 9 aromatic carbocycles. The zero-order valence-electron chi connectivity index (χ0n) is 29.3. The van der Waals surface area contributed by atoms with Gasteiger partial charge in [0.2, 0.25) is 0 Å². The third-order valence-corrected chi connectivity index (χ3v) is 10.4. The van der Waals surface area contributed by atoms with Gasteiger partial charge in [-0.25, -0.2) is 0 Å². The Morgan fingerprint density at radius 1 is 0.353 bits per heavy atom. The Bertz CT molecular complexity index is 2700. The molecule has 0 fully saturated rings. The highest BCUT2D eigenvalue weighted by atomic mass is 15.1. The van der Waals surface area contributed by atoms with Gasteiger partial charge in [0, 0.05) is 17.1 Å². The van der Waals surface area contributed by atoms with E-state index in [9.17, 15) is 0 Å². The molecule has 0 radical (unpaired) electrons.